The van der Waals surface area contributed by atoms with Crippen LogP contribution in [0.2, 0.25) is 0 Å². The van der Waals surface area contributed by atoms with Gasteiger partial charge in [0.2, 0.25) is 0 Å². The van der Waals surface area contributed by atoms with Crippen molar-refractivity contribution in [2.24, 2.45) is 10.9 Å². The Morgan fingerprint density at radius 3 is 2.74 bits per heavy atom. The van der Waals surface area contributed by atoms with Gasteiger partial charge in [0.1, 0.15) is 5.75 Å². The number of nitrogens with zero attached hydrogens (tertiary/aromatic N) is 2. The lowest BCUT2D eigenvalue weighted by Gasteiger charge is -2.26. The minimum absolute atomic E-state index is 0.112. The summed E-state index contributed by atoms with van der Waals surface area (Å²) in [6, 6.07) is 7.12. The van der Waals surface area contributed by atoms with Crippen molar-refractivity contribution in [3.63, 3.8) is 0 Å². The molecule has 1 fully saturated rings. The van der Waals surface area contributed by atoms with Crippen molar-refractivity contribution in [3.8, 4) is 5.75 Å². The van der Waals surface area contributed by atoms with Gasteiger partial charge in [-0.05, 0) is 43.4 Å². The molecule has 1 aliphatic heterocycles. The number of hydrogen-bond donors (Lipinski definition) is 2. The molecule has 2 rings (SSSR count). The molecule has 0 saturated carbocycles. The van der Waals surface area contributed by atoms with Crippen LogP contribution in [0, 0.1) is 5.92 Å². The van der Waals surface area contributed by atoms with Crippen LogP contribution in [0.25, 0.3) is 0 Å². The molecular weight excluding hydrogens is 344 g/mol. The Hall–Kier alpha value is -2.28. The summed E-state index contributed by atoms with van der Waals surface area (Å²) in [4.78, 5) is 18.7. The predicted octanol–water partition coefficient (Wildman–Crippen LogP) is 1.75. The van der Waals surface area contributed by atoms with Gasteiger partial charge in [-0.15, -0.1) is 0 Å². The highest BCUT2D eigenvalue weighted by molar-refractivity contribution is 5.94. The minimum Gasteiger partial charge on any atom is -0.497 e. The highest BCUT2D eigenvalue weighted by atomic mass is 16.5. The van der Waals surface area contributed by atoms with Crippen molar-refractivity contribution in [2.75, 3.05) is 54.1 Å². The second-order valence-corrected chi connectivity index (χ2v) is 6.73. The van der Waals surface area contributed by atoms with Crippen molar-refractivity contribution in [1.29, 1.82) is 0 Å². The molecule has 1 aliphatic rings. The average Bonchev–Trinajstić information content (AvgIpc) is 2.72. The van der Waals surface area contributed by atoms with E-state index in [1.54, 1.807) is 32.4 Å². The molecule has 27 heavy (non-hydrogen) atoms. The molecule has 150 valence electrons. The first kappa shape index (κ1) is 21.0. The maximum absolute atomic E-state index is 12.2. The third kappa shape index (κ3) is 7.09. The molecule has 0 aliphatic carbocycles. The third-order valence-electron chi connectivity index (χ3n) is 4.81. The van der Waals surface area contributed by atoms with Gasteiger partial charge in [0.05, 0.1) is 7.11 Å². The molecule has 0 bridgehead atoms. The summed E-state index contributed by atoms with van der Waals surface area (Å²) in [6.45, 7) is 3.86. The van der Waals surface area contributed by atoms with Gasteiger partial charge in [0.15, 0.2) is 5.96 Å². The van der Waals surface area contributed by atoms with Gasteiger partial charge in [-0.25, -0.2) is 0 Å². The molecule has 2 N–H and O–H groups in total. The molecule has 7 heteroatoms. The van der Waals surface area contributed by atoms with E-state index < -0.39 is 0 Å². The largest absolute Gasteiger partial charge is 0.497 e. The quantitative estimate of drug-likeness (QED) is 0.411. The SMILES string of the molecule is CN=C(NCCNC(=O)c1cccc(OC)c1)N(C)CCC1CCOCC1. The first-order valence-corrected chi connectivity index (χ1v) is 9.55. The Morgan fingerprint density at radius 2 is 2.04 bits per heavy atom. The fourth-order valence-electron chi connectivity index (χ4n) is 3.12. The number of hydrogen-bond acceptors (Lipinski definition) is 4. The number of nitrogens with one attached hydrogen (secondary N) is 2. The first-order chi connectivity index (χ1) is 13.1. The van der Waals surface area contributed by atoms with E-state index in [9.17, 15) is 4.79 Å². The molecule has 7 nitrogen and oxygen atoms in total. The van der Waals surface area contributed by atoms with Crippen molar-refractivity contribution in [1.82, 2.24) is 15.5 Å². The predicted molar refractivity (Wildman–Crippen MR) is 107 cm³/mol. The summed E-state index contributed by atoms with van der Waals surface area (Å²) in [7, 11) is 5.41. The molecule has 1 heterocycles. The maximum atomic E-state index is 12.2. The van der Waals surface area contributed by atoms with E-state index in [0.29, 0.717) is 24.4 Å². The number of ether oxygens (including phenoxy) is 2. The molecule has 1 aromatic rings. The molecule has 1 saturated heterocycles. The van der Waals surface area contributed by atoms with Gasteiger partial charge in [-0.1, -0.05) is 6.07 Å². The minimum atomic E-state index is -0.112. The van der Waals surface area contributed by atoms with E-state index in [4.69, 9.17) is 9.47 Å². The number of benzene rings is 1. The van der Waals surface area contributed by atoms with Crippen LogP contribution in [0.4, 0.5) is 0 Å². The van der Waals surface area contributed by atoms with E-state index in [1.807, 2.05) is 13.1 Å². The molecular formula is C20H32N4O3. The smallest absolute Gasteiger partial charge is 0.251 e. The average molecular weight is 377 g/mol. The van der Waals surface area contributed by atoms with Gasteiger partial charge in [-0.3, -0.25) is 9.79 Å². The number of carbonyl (C=O) groups is 1. The highest BCUT2D eigenvalue weighted by Crippen LogP contribution is 2.18. The molecule has 1 aromatic carbocycles. The van der Waals surface area contributed by atoms with Crippen LogP contribution in [-0.2, 0) is 4.74 Å². The standard InChI is InChI=1S/C20H32N4O3/c1-21-20(24(2)12-7-16-8-13-27-14-9-16)23-11-10-22-19(25)17-5-4-6-18(15-17)26-3/h4-6,15-16H,7-14H2,1-3H3,(H,21,23)(H,22,25). The fraction of sp³-hybridized carbons (Fsp3) is 0.600. The zero-order valence-electron chi connectivity index (χ0n) is 16.7. The van der Waals surface area contributed by atoms with Crippen molar-refractivity contribution in [2.45, 2.75) is 19.3 Å². The number of carbonyl (C=O) groups excluding carboxylic acids is 1. The van der Waals surface area contributed by atoms with E-state index in [-0.39, 0.29) is 5.91 Å². The summed E-state index contributed by atoms with van der Waals surface area (Å²) in [5.74, 6) is 2.14. The van der Waals surface area contributed by atoms with Crippen molar-refractivity contribution < 1.29 is 14.3 Å². The topological polar surface area (TPSA) is 75.2 Å². The molecule has 0 spiro atoms. The number of rotatable bonds is 8. The van der Waals surface area contributed by atoms with E-state index in [2.05, 4.69) is 20.5 Å². The Labute approximate surface area is 162 Å². The number of amides is 1. The second-order valence-electron chi connectivity index (χ2n) is 6.73. The third-order valence-corrected chi connectivity index (χ3v) is 4.81. The molecule has 1 amide bonds. The molecule has 0 radical (unpaired) electrons. The Balaban J connectivity index is 1.68. The molecule has 0 atom stereocenters. The molecule has 0 unspecified atom stereocenters. The summed E-state index contributed by atoms with van der Waals surface area (Å²) >= 11 is 0. The Morgan fingerprint density at radius 1 is 1.30 bits per heavy atom. The van der Waals surface area contributed by atoms with Crippen molar-refractivity contribution >= 4 is 11.9 Å². The summed E-state index contributed by atoms with van der Waals surface area (Å²) in [6.07, 6.45) is 3.44. The van der Waals surface area contributed by atoms with Crippen LogP contribution >= 0.6 is 0 Å². The van der Waals surface area contributed by atoms with Crippen LogP contribution in [-0.4, -0.2) is 70.8 Å². The number of methoxy groups -OCH3 is 1. The lowest BCUT2D eigenvalue weighted by Crippen LogP contribution is -2.43. The van der Waals surface area contributed by atoms with Gasteiger partial charge in [0, 0.05) is 52.5 Å². The van der Waals surface area contributed by atoms with Crippen LogP contribution in [0.3, 0.4) is 0 Å². The molecule has 0 aromatic heterocycles. The van der Waals surface area contributed by atoms with Gasteiger partial charge in [0.25, 0.3) is 5.91 Å². The normalized spacial score (nSPS) is 15.3. The zero-order valence-corrected chi connectivity index (χ0v) is 16.7. The van der Waals surface area contributed by atoms with Gasteiger partial charge in [-0.2, -0.15) is 0 Å². The number of guanidine groups is 1. The van der Waals surface area contributed by atoms with E-state index in [0.717, 1.165) is 50.9 Å². The first-order valence-electron chi connectivity index (χ1n) is 9.55. The summed E-state index contributed by atoms with van der Waals surface area (Å²) < 4.78 is 10.6. The van der Waals surface area contributed by atoms with E-state index >= 15 is 0 Å². The van der Waals surface area contributed by atoms with Gasteiger partial charge >= 0.3 is 0 Å². The second kappa shape index (κ2) is 11.4. The number of aliphatic imine (C=N–C) groups is 1. The summed E-state index contributed by atoms with van der Waals surface area (Å²) in [5.41, 5.74) is 0.590. The fourth-order valence-corrected chi connectivity index (χ4v) is 3.12. The van der Waals surface area contributed by atoms with Gasteiger partial charge < -0.3 is 25.0 Å². The summed E-state index contributed by atoms with van der Waals surface area (Å²) in [5, 5.41) is 6.21. The Kier molecular flexibility index (Phi) is 8.91. The lowest BCUT2D eigenvalue weighted by molar-refractivity contribution is 0.0625. The van der Waals surface area contributed by atoms with E-state index in [1.165, 1.54) is 0 Å². The van der Waals surface area contributed by atoms with Crippen molar-refractivity contribution in [3.05, 3.63) is 29.8 Å². The lowest BCUT2D eigenvalue weighted by atomic mass is 9.96. The highest BCUT2D eigenvalue weighted by Gasteiger charge is 2.15. The van der Waals surface area contributed by atoms with Crippen LogP contribution in [0.15, 0.2) is 29.3 Å². The zero-order chi connectivity index (χ0) is 19.5. The Bertz CT molecular complexity index is 615. The maximum Gasteiger partial charge on any atom is 0.251 e. The van der Waals surface area contributed by atoms with Crippen LogP contribution < -0.4 is 15.4 Å². The monoisotopic (exact) mass is 376 g/mol. The van der Waals surface area contributed by atoms with Crippen LogP contribution in [0.1, 0.15) is 29.6 Å². The van der Waals surface area contributed by atoms with Crippen LogP contribution in [0.5, 0.6) is 5.75 Å².